The number of morpholine rings is 1. The van der Waals surface area contributed by atoms with E-state index < -0.39 is 6.10 Å². The van der Waals surface area contributed by atoms with E-state index in [1.54, 1.807) is 31.5 Å². The van der Waals surface area contributed by atoms with Gasteiger partial charge in [-0.3, -0.25) is 9.69 Å². The lowest BCUT2D eigenvalue weighted by Gasteiger charge is -2.32. The van der Waals surface area contributed by atoms with Crippen molar-refractivity contribution in [1.29, 1.82) is 0 Å². The van der Waals surface area contributed by atoms with E-state index in [0.717, 1.165) is 53.1 Å². The molecule has 11 heteroatoms. The number of benzene rings is 2. The molecule has 2 unspecified atom stereocenters. The van der Waals surface area contributed by atoms with Crippen LogP contribution in [0.1, 0.15) is 24.2 Å². The Balaban J connectivity index is 1.34. The van der Waals surface area contributed by atoms with Crippen molar-refractivity contribution in [2.75, 3.05) is 51.9 Å². The number of imidazole rings is 1. The molecule has 1 aliphatic rings. The highest BCUT2D eigenvalue weighted by Crippen LogP contribution is 2.31. The molecule has 2 atom stereocenters. The van der Waals surface area contributed by atoms with E-state index in [-0.39, 0.29) is 18.1 Å². The van der Waals surface area contributed by atoms with Crippen LogP contribution in [0.4, 0.5) is 5.69 Å². The van der Waals surface area contributed by atoms with Gasteiger partial charge >= 0.3 is 0 Å². The van der Waals surface area contributed by atoms with Gasteiger partial charge in [-0.2, -0.15) is 0 Å². The molecule has 2 aromatic heterocycles. The second kappa shape index (κ2) is 12.4. The number of nitrogens with zero attached hydrogens (tertiary/aromatic N) is 2. The summed E-state index contributed by atoms with van der Waals surface area (Å²) >= 11 is 3.46. The van der Waals surface area contributed by atoms with Crippen molar-refractivity contribution in [2.45, 2.75) is 26.0 Å². The lowest BCUT2D eigenvalue weighted by Crippen LogP contribution is -2.44. The number of aromatic amines is 2. The van der Waals surface area contributed by atoms with Gasteiger partial charge in [0.25, 0.3) is 5.56 Å². The first-order valence-corrected chi connectivity index (χ1v) is 14.1. The molecule has 40 heavy (non-hydrogen) atoms. The number of hydrogen-bond donors (Lipinski definition) is 4. The largest absolute Gasteiger partial charge is 0.496 e. The number of methoxy groups -OCH3 is 1. The number of fused-ring (bicyclic) bond motifs is 1. The molecule has 4 aromatic rings. The van der Waals surface area contributed by atoms with Crippen molar-refractivity contribution in [3.63, 3.8) is 0 Å². The Bertz CT molecular complexity index is 1530. The molecule has 1 aliphatic heterocycles. The Morgan fingerprint density at radius 3 is 2.77 bits per heavy atom. The lowest BCUT2D eigenvalue weighted by molar-refractivity contribution is 0.0105. The first-order chi connectivity index (χ1) is 19.3. The number of rotatable bonds is 10. The maximum Gasteiger partial charge on any atom is 0.261 e. The topological polar surface area (TPSA) is 125 Å². The number of aliphatic hydroxyl groups excluding tert-OH is 1. The summed E-state index contributed by atoms with van der Waals surface area (Å²) < 4.78 is 17.6. The van der Waals surface area contributed by atoms with Crippen LogP contribution in [0.5, 0.6) is 11.5 Å². The van der Waals surface area contributed by atoms with Gasteiger partial charge in [0.15, 0.2) is 0 Å². The third-order valence-electron chi connectivity index (χ3n) is 7.16. The van der Waals surface area contributed by atoms with Crippen molar-refractivity contribution in [1.82, 2.24) is 19.9 Å². The summed E-state index contributed by atoms with van der Waals surface area (Å²) in [6, 6.07) is 11.3. The highest BCUT2D eigenvalue weighted by Gasteiger charge is 2.20. The standard InChI is InChI=1S/C29H34BrN5O5/c1-17-12-20(40-16-18(2)35-8-10-39-11-9-35)14-23-27(17)34-28(33-23)26-22(6-7-31-29(26)37)32-15-24(36)19-4-5-25(38-3)21(30)13-19/h4-7,12-14,18,24,36H,8-11,15-16H2,1-3H3,(H,33,34)(H2,31,32,37). The maximum absolute atomic E-state index is 13.0. The number of aryl methyl sites for hydroxylation is 1. The van der Waals surface area contributed by atoms with Crippen LogP contribution in [-0.4, -0.2) is 77.6 Å². The molecule has 212 valence electrons. The molecule has 10 nitrogen and oxygen atoms in total. The summed E-state index contributed by atoms with van der Waals surface area (Å²) in [5.41, 5.74) is 3.83. The minimum atomic E-state index is -0.813. The predicted molar refractivity (Wildman–Crippen MR) is 158 cm³/mol. The van der Waals surface area contributed by atoms with Gasteiger partial charge in [-0.25, -0.2) is 4.98 Å². The smallest absolute Gasteiger partial charge is 0.261 e. The molecule has 4 N–H and O–H groups in total. The van der Waals surface area contributed by atoms with E-state index in [4.69, 9.17) is 19.2 Å². The Hall–Kier alpha value is -3.38. The molecule has 0 spiro atoms. The van der Waals surface area contributed by atoms with Crippen LogP contribution in [-0.2, 0) is 4.74 Å². The number of hydrogen-bond acceptors (Lipinski definition) is 8. The van der Waals surface area contributed by atoms with E-state index in [9.17, 15) is 9.90 Å². The Morgan fingerprint density at radius 1 is 1.23 bits per heavy atom. The van der Waals surface area contributed by atoms with Gasteiger partial charge in [0.05, 0.1) is 47.6 Å². The van der Waals surface area contributed by atoms with Crippen LogP contribution in [0.25, 0.3) is 22.4 Å². The summed E-state index contributed by atoms with van der Waals surface area (Å²) in [6.45, 7) is 8.19. The summed E-state index contributed by atoms with van der Waals surface area (Å²) in [5.74, 6) is 1.86. The molecule has 0 radical (unpaired) electrons. The zero-order valence-corrected chi connectivity index (χ0v) is 24.4. The van der Waals surface area contributed by atoms with Crippen molar-refractivity contribution in [2.24, 2.45) is 0 Å². The quantitative estimate of drug-likeness (QED) is 0.210. The van der Waals surface area contributed by atoms with E-state index in [1.165, 1.54) is 0 Å². The number of halogens is 1. The Labute approximate surface area is 240 Å². The molecule has 0 aliphatic carbocycles. The zero-order chi connectivity index (χ0) is 28.2. The zero-order valence-electron chi connectivity index (χ0n) is 22.8. The fraction of sp³-hybridized carbons (Fsp3) is 0.379. The summed E-state index contributed by atoms with van der Waals surface area (Å²) in [7, 11) is 1.59. The van der Waals surface area contributed by atoms with E-state index in [1.807, 2.05) is 25.1 Å². The summed E-state index contributed by atoms with van der Waals surface area (Å²) in [5, 5.41) is 14.0. The Morgan fingerprint density at radius 2 is 2.02 bits per heavy atom. The number of aliphatic hydroxyl groups is 1. The van der Waals surface area contributed by atoms with Gasteiger partial charge in [0, 0.05) is 37.9 Å². The van der Waals surface area contributed by atoms with Crippen LogP contribution in [0.2, 0.25) is 0 Å². The van der Waals surface area contributed by atoms with Gasteiger partial charge in [-0.05, 0) is 65.2 Å². The van der Waals surface area contributed by atoms with E-state index in [2.05, 4.69) is 43.0 Å². The van der Waals surface area contributed by atoms with Crippen molar-refractivity contribution >= 4 is 32.7 Å². The SMILES string of the molecule is COc1ccc(C(O)CNc2cc[nH]c(=O)c2-c2nc3c(C)cc(OCC(C)N4CCOCC4)cc3[nH]2)cc1Br. The second-order valence-electron chi connectivity index (χ2n) is 9.92. The molecule has 0 saturated carbocycles. The molecule has 1 saturated heterocycles. The molecule has 0 amide bonds. The highest BCUT2D eigenvalue weighted by atomic mass is 79.9. The van der Waals surface area contributed by atoms with Crippen LogP contribution < -0.4 is 20.3 Å². The summed E-state index contributed by atoms with van der Waals surface area (Å²) in [4.78, 5) is 26.1. The fourth-order valence-corrected chi connectivity index (χ4v) is 5.43. The molecular formula is C29H34BrN5O5. The second-order valence-corrected chi connectivity index (χ2v) is 10.8. The molecule has 1 fully saturated rings. The molecular weight excluding hydrogens is 578 g/mol. The van der Waals surface area contributed by atoms with Gasteiger partial charge in [-0.15, -0.1) is 0 Å². The summed E-state index contributed by atoms with van der Waals surface area (Å²) in [6.07, 6.45) is 0.756. The minimum absolute atomic E-state index is 0.188. The minimum Gasteiger partial charge on any atom is -0.496 e. The molecule has 3 heterocycles. The van der Waals surface area contributed by atoms with Crippen molar-refractivity contribution in [3.05, 3.63) is 68.5 Å². The van der Waals surface area contributed by atoms with Gasteiger partial charge in [0.1, 0.15) is 29.5 Å². The molecule has 2 aromatic carbocycles. The van der Waals surface area contributed by atoms with Gasteiger partial charge < -0.3 is 34.6 Å². The number of pyridine rings is 1. The van der Waals surface area contributed by atoms with Crippen LogP contribution in [0, 0.1) is 6.92 Å². The third kappa shape index (κ3) is 6.17. The molecule has 0 bridgehead atoms. The number of H-pyrrole nitrogens is 2. The van der Waals surface area contributed by atoms with Crippen LogP contribution in [0.15, 0.2) is 51.9 Å². The van der Waals surface area contributed by atoms with E-state index in [0.29, 0.717) is 35.0 Å². The van der Waals surface area contributed by atoms with Crippen LogP contribution in [0.3, 0.4) is 0 Å². The fourth-order valence-electron chi connectivity index (χ4n) is 4.87. The predicted octanol–water partition coefficient (Wildman–Crippen LogP) is 4.24. The Kier molecular flexibility index (Phi) is 8.75. The van der Waals surface area contributed by atoms with Gasteiger partial charge in [-0.1, -0.05) is 6.07 Å². The van der Waals surface area contributed by atoms with Crippen molar-refractivity contribution < 1.29 is 19.3 Å². The normalized spacial score (nSPS) is 15.6. The average molecular weight is 613 g/mol. The number of ether oxygens (including phenoxy) is 3. The number of aromatic nitrogens is 3. The van der Waals surface area contributed by atoms with E-state index >= 15 is 0 Å². The average Bonchev–Trinajstić information content (AvgIpc) is 3.39. The lowest BCUT2D eigenvalue weighted by atomic mass is 10.1. The monoisotopic (exact) mass is 611 g/mol. The van der Waals surface area contributed by atoms with Gasteiger partial charge in [0.2, 0.25) is 0 Å². The first-order valence-electron chi connectivity index (χ1n) is 13.3. The molecule has 5 rings (SSSR count). The van der Waals surface area contributed by atoms with Crippen LogP contribution >= 0.6 is 15.9 Å². The highest BCUT2D eigenvalue weighted by molar-refractivity contribution is 9.10. The van der Waals surface area contributed by atoms with Crippen molar-refractivity contribution in [3.8, 4) is 22.9 Å². The first kappa shape index (κ1) is 28.2. The third-order valence-corrected chi connectivity index (χ3v) is 7.77. The maximum atomic E-state index is 13.0. The number of nitrogens with one attached hydrogen (secondary N) is 3. The number of anilines is 1.